The van der Waals surface area contributed by atoms with Gasteiger partial charge in [0, 0.05) is 13.1 Å². The number of aryl methyl sites for hydroxylation is 1. The maximum absolute atomic E-state index is 12.5. The highest BCUT2D eigenvalue weighted by atomic mass is 32.2. The van der Waals surface area contributed by atoms with Crippen molar-refractivity contribution in [2.24, 2.45) is 0 Å². The number of aromatic nitrogens is 3. The molecule has 1 aliphatic rings. The molecule has 3 rings (SSSR count). The summed E-state index contributed by atoms with van der Waals surface area (Å²) >= 11 is 0. The molecule has 1 aromatic carbocycles. The van der Waals surface area contributed by atoms with E-state index in [2.05, 4.69) is 10.2 Å². The molecule has 2 aromatic rings. The lowest BCUT2D eigenvalue weighted by molar-refractivity contribution is -0.140. The zero-order valence-corrected chi connectivity index (χ0v) is 16.7. The van der Waals surface area contributed by atoms with Crippen LogP contribution < -0.4 is 0 Å². The van der Waals surface area contributed by atoms with Gasteiger partial charge in [-0.05, 0) is 32.4 Å². The standard InChI is InChI=1S/C18H22N4O5S/c1-12-16(20-22(19-12)14-7-5-4-6-8-14)18(24)27-13(2)17(23)21(3)15-9-10-28(25,26)11-15/h4-8,13,15H,9-11H2,1-3H3/t13-,15-/m1/s1. The molecule has 0 aliphatic carbocycles. The quantitative estimate of drug-likeness (QED) is 0.674. The smallest absolute Gasteiger partial charge is 0.361 e. The van der Waals surface area contributed by atoms with Crippen LogP contribution in [0.4, 0.5) is 0 Å². The Kier molecular flexibility index (Phi) is 5.50. The number of ether oxygens (including phenoxy) is 1. The third-order valence-corrected chi connectivity index (χ3v) is 6.45. The van der Waals surface area contributed by atoms with Crippen molar-refractivity contribution >= 4 is 21.7 Å². The van der Waals surface area contributed by atoms with Crippen molar-refractivity contribution in [2.75, 3.05) is 18.6 Å². The van der Waals surface area contributed by atoms with Crippen molar-refractivity contribution in [3.63, 3.8) is 0 Å². The molecule has 0 spiro atoms. The van der Waals surface area contributed by atoms with Gasteiger partial charge in [-0.1, -0.05) is 18.2 Å². The van der Waals surface area contributed by atoms with Gasteiger partial charge >= 0.3 is 5.97 Å². The summed E-state index contributed by atoms with van der Waals surface area (Å²) in [6.07, 6.45) is -0.683. The third-order valence-electron chi connectivity index (χ3n) is 4.70. The Labute approximate surface area is 163 Å². The van der Waals surface area contributed by atoms with Gasteiger partial charge in [0.25, 0.3) is 5.91 Å². The van der Waals surface area contributed by atoms with Crippen LogP contribution in [0.2, 0.25) is 0 Å². The van der Waals surface area contributed by atoms with Crippen molar-refractivity contribution in [1.82, 2.24) is 19.9 Å². The average Bonchev–Trinajstić information content (AvgIpc) is 3.23. The molecule has 1 aliphatic heterocycles. The summed E-state index contributed by atoms with van der Waals surface area (Å²) in [7, 11) is -1.59. The van der Waals surface area contributed by atoms with Crippen molar-refractivity contribution in [2.45, 2.75) is 32.4 Å². The predicted octanol–water partition coefficient (Wildman–Crippen LogP) is 0.767. The zero-order valence-electron chi connectivity index (χ0n) is 15.9. The number of nitrogens with zero attached hydrogens (tertiary/aromatic N) is 4. The van der Waals surface area contributed by atoms with Gasteiger partial charge < -0.3 is 9.64 Å². The van der Waals surface area contributed by atoms with E-state index >= 15 is 0 Å². The van der Waals surface area contributed by atoms with Gasteiger partial charge in [-0.2, -0.15) is 9.90 Å². The van der Waals surface area contributed by atoms with Gasteiger partial charge in [-0.3, -0.25) is 4.79 Å². The maximum Gasteiger partial charge on any atom is 0.361 e. The van der Waals surface area contributed by atoms with Gasteiger partial charge in [-0.25, -0.2) is 13.2 Å². The Morgan fingerprint density at radius 1 is 1.25 bits per heavy atom. The van der Waals surface area contributed by atoms with E-state index in [0.29, 0.717) is 17.8 Å². The maximum atomic E-state index is 12.5. The van der Waals surface area contributed by atoms with E-state index in [1.54, 1.807) is 19.1 Å². The van der Waals surface area contributed by atoms with E-state index in [1.165, 1.54) is 23.7 Å². The number of likely N-dealkylation sites (N-methyl/N-ethyl adjacent to an activating group) is 1. The van der Waals surface area contributed by atoms with Crippen LogP contribution in [0.5, 0.6) is 0 Å². The minimum absolute atomic E-state index is 0.0228. The van der Waals surface area contributed by atoms with E-state index in [-0.39, 0.29) is 17.2 Å². The Morgan fingerprint density at radius 2 is 1.93 bits per heavy atom. The molecule has 0 N–H and O–H groups in total. The molecule has 1 aromatic heterocycles. The lowest BCUT2D eigenvalue weighted by atomic mass is 10.2. The summed E-state index contributed by atoms with van der Waals surface area (Å²) in [5.41, 5.74) is 1.09. The summed E-state index contributed by atoms with van der Waals surface area (Å²) in [6, 6.07) is 8.70. The highest BCUT2D eigenvalue weighted by molar-refractivity contribution is 7.91. The first-order valence-corrected chi connectivity index (χ1v) is 10.7. The molecular weight excluding hydrogens is 384 g/mol. The van der Waals surface area contributed by atoms with Crippen LogP contribution in [0.25, 0.3) is 5.69 Å². The molecule has 0 bridgehead atoms. The molecule has 2 heterocycles. The van der Waals surface area contributed by atoms with Crippen LogP contribution in [-0.2, 0) is 19.4 Å². The largest absolute Gasteiger partial charge is 0.448 e. The molecule has 1 amide bonds. The van der Waals surface area contributed by atoms with Crippen molar-refractivity contribution in [3.8, 4) is 5.69 Å². The molecule has 1 saturated heterocycles. The van der Waals surface area contributed by atoms with E-state index in [0.717, 1.165) is 0 Å². The van der Waals surface area contributed by atoms with Crippen LogP contribution in [0.1, 0.15) is 29.5 Å². The number of carbonyl (C=O) groups excluding carboxylic acids is 2. The Morgan fingerprint density at radius 3 is 2.54 bits per heavy atom. The second-order valence-electron chi connectivity index (χ2n) is 6.81. The van der Waals surface area contributed by atoms with Gasteiger partial charge in [0.05, 0.1) is 22.9 Å². The van der Waals surface area contributed by atoms with Crippen LogP contribution in [-0.4, -0.2) is 70.9 Å². The monoisotopic (exact) mass is 406 g/mol. The van der Waals surface area contributed by atoms with Gasteiger partial charge in [0.1, 0.15) is 0 Å². The lowest BCUT2D eigenvalue weighted by Crippen LogP contribution is -2.44. The molecule has 10 heteroatoms. The molecule has 0 unspecified atom stereocenters. The van der Waals surface area contributed by atoms with Crippen molar-refractivity contribution in [1.29, 1.82) is 0 Å². The number of esters is 1. The first kappa shape index (κ1) is 20.0. The van der Waals surface area contributed by atoms with Crippen LogP contribution >= 0.6 is 0 Å². The fraction of sp³-hybridized carbons (Fsp3) is 0.444. The molecule has 150 valence electrons. The highest BCUT2D eigenvalue weighted by Gasteiger charge is 2.35. The Balaban J connectivity index is 1.67. The number of rotatable bonds is 5. The summed E-state index contributed by atoms with van der Waals surface area (Å²) < 4.78 is 28.5. The van der Waals surface area contributed by atoms with Gasteiger partial charge in [0.2, 0.25) is 0 Å². The number of para-hydroxylation sites is 1. The van der Waals surface area contributed by atoms with E-state index < -0.39 is 33.9 Å². The van der Waals surface area contributed by atoms with E-state index in [9.17, 15) is 18.0 Å². The Hall–Kier alpha value is -2.75. The topological polar surface area (TPSA) is 111 Å². The average molecular weight is 406 g/mol. The fourth-order valence-corrected chi connectivity index (χ4v) is 4.83. The fourth-order valence-electron chi connectivity index (χ4n) is 3.06. The molecule has 2 atom stereocenters. The molecular formula is C18H22N4O5S. The van der Waals surface area contributed by atoms with Crippen molar-refractivity contribution < 1.29 is 22.7 Å². The summed E-state index contributed by atoms with van der Waals surface area (Å²) in [5.74, 6) is -1.22. The number of amides is 1. The highest BCUT2D eigenvalue weighted by Crippen LogP contribution is 2.18. The summed E-state index contributed by atoms with van der Waals surface area (Å²) in [5, 5.41) is 8.37. The van der Waals surface area contributed by atoms with Crippen LogP contribution in [0, 0.1) is 6.92 Å². The number of benzene rings is 1. The minimum atomic E-state index is -3.12. The number of hydrogen-bond acceptors (Lipinski definition) is 7. The number of sulfone groups is 1. The van der Waals surface area contributed by atoms with Gasteiger partial charge in [-0.15, -0.1) is 5.10 Å². The first-order chi connectivity index (χ1) is 13.2. The summed E-state index contributed by atoms with van der Waals surface area (Å²) in [6.45, 7) is 3.09. The Bertz CT molecular complexity index is 987. The van der Waals surface area contributed by atoms with E-state index in [1.807, 2.05) is 18.2 Å². The normalized spacial score (nSPS) is 19.2. The second-order valence-corrected chi connectivity index (χ2v) is 9.04. The molecule has 1 fully saturated rings. The molecule has 0 radical (unpaired) electrons. The van der Waals surface area contributed by atoms with Crippen LogP contribution in [0.15, 0.2) is 30.3 Å². The first-order valence-electron chi connectivity index (χ1n) is 8.85. The SMILES string of the molecule is Cc1nn(-c2ccccc2)nc1C(=O)O[C@H](C)C(=O)N(C)[C@@H]1CCS(=O)(=O)C1. The predicted molar refractivity (Wildman–Crippen MR) is 101 cm³/mol. The van der Waals surface area contributed by atoms with Gasteiger partial charge in [0.15, 0.2) is 21.6 Å². The van der Waals surface area contributed by atoms with Crippen LogP contribution in [0.3, 0.4) is 0 Å². The zero-order chi connectivity index (χ0) is 20.5. The van der Waals surface area contributed by atoms with Crippen molar-refractivity contribution in [3.05, 3.63) is 41.7 Å². The second kappa shape index (κ2) is 7.70. The van der Waals surface area contributed by atoms with E-state index in [4.69, 9.17) is 4.74 Å². The molecule has 9 nitrogen and oxygen atoms in total. The molecule has 0 saturated carbocycles. The molecule has 28 heavy (non-hydrogen) atoms. The number of carbonyl (C=O) groups is 2. The third kappa shape index (κ3) is 4.22. The lowest BCUT2D eigenvalue weighted by Gasteiger charge is -2.26. The minimum Gasteiger partial charge on any atom is -0.448 e. The number of hydrogen-bond donors (Lipinski definition) is 0. The summed E-state index contributed by atoms with van der Waals surface area (Å²) in [4.78, 5) is 27.7.